The molecule has 2 heterocycles. The molecule has 0 fully saturated rings. The predicted octanol–water partition coefficient (Wildman–Crippen LogP) is 3.19. The molecule has 0 saturated carbocycles. The average molecular weight is 340 g/mol. The number of carbonyl (C=O) groups is 1. The summed E-state index contributed by atoms with van der Waals surface area (Å²) in [5.74, 6) is 0.920. The molecule has 2 aromatic rings. The third-order valence-corrected chi connectivity index (χ3v) is 3.97. The Morgan fingerprint density at radius 1 is 1.08 bits per heavy atom. The van der Waals surface area contributed by atoms with Gasteiger partial charge in [0, 0.05) is 43.3 Å². The molecule has 134 valence electrons. The Balaban J connectivity index is 1.97. The smallest absolute Gasteiger partial charge is 0.227 e. The molecule has 5 heteroatoms. The highest BCUT2D eigenvalue weighted by atomic mass is 16.2. The van der Waals surface area contributed by atoms with Crippen LogP contribution in [0.25, 0.3) is 0 Å². The highest BCUT2D eigenvalue weighted by Crippen LogP contribution is 2.17. The molecule has 1 amide bonds. The van der Waals surface area contributed by atoms with Crippen LogP contribution in [0.5, 0.6) is 0 Å². The molecule has 0 radical (unpaired) electrons. The summed E-state index contributed by atoms with van der Waals surface area (Å²) in [6.45, 7) is 9.79. The second-order valence-corrected chi connectivity index (χ2v) is 7.33. The van der Waals surface area contributed by atoms with Gasteiger partial charge in [-0.1, -0.05) is 33.8 Å². The topological polar surface area (TPSA) is 59.0 Å². The van der Waals surface area contributed by atoms with Gasteiger partial charge in [-0.2, -0.15) is 0 Å². The van der Waals surface area contributed by atoms with Crippen molar-refractivity contribution in [1.82, 2.24) is 19.9 Å². The van der Waals surface area contributed by atoms with Gasteiger partial charge in [-0.3, -0.25) is 9.78 Å². The van der Waals surface area contributed by atoms with Gasteiger partial charge in [0.25, 0.3) is 0 Å². The number of pyridine rings is 1. The normalized spacial score (nSPS) is 11.4. The second kappa shape index (κ2) is 8.70. The third-order valence-electron chi connectivity index (χ3n) is 3.97. The van der Waals surface area contributed by atoms with E-state index >= 15 is 0 Å². The van der Waals surface area contributed by atoms with Crippen LogP contribution in [0.4, 0.5) is 0 Å². The third kappa shape index (κ3) is 5.93. The quantitative estimate of drug-likeness (QED) is 0.777. The maximum Gasteiger partial charge on any atom is 0.227 e. The maximum atomic E-state index is 12.7. The molecular formula is C20H28N4O. The lowest BCUT2D eigenvalue weighted by Gasteiger charge is -2.22. The highest BCUT2D eigenvalue weighted by molar-refractivity contribution is 5.78. The van der Waals surface area contributed by atoms with E-state index in [1.807, 2.05) is 23.2 Å². The van der Waals surface area contributed by atoms with Gasteiger partial charge >= 0.3 is 0 Å². The minimum Gasteiger partial charge on any atom is -0.342 e. The van der Waals surface area contributed by atoms with Crippen LogP contribution in [0.3, 0.4) is 0 Å². The van der Waals surface area contributed by atoms with Crippen LogP contribution < -0.4 is 0 Å². The first-order chi connectivity index (χ1) is 11.9. The van der Waals surface area contributed by atoms with Crippen LogP contribution in [0.1, 0.15) is 51.1 Å². The van der Waals surface area contributed by atoms with E-state index in [2.05, 4.69) is 42.6 Å². The summed E-state index contributed by atoms with van der Waals surface area (Å²) in [6, 6.07) is 3.97. The monoisotopic (exact) mass is 340 g/mol. The molecular weight excluding hydrogens is 312 g/mol. The minimum atomic E-state index is -0.0828. The van der Waals surface area contributed by atoms with E-state index in [1.54, 1.807) is 18.6 Å². The summed E-state index contributed by atoms with van der Waals surface area (Å²) in [6.07, 6.45) is 9.27. The van der Waals surface area contributed by atoms with Gasteiger partial charge in [0.2, 0.25) is 5.91 Å². The molecule has 2 rings (SSSR count). The first-order valence-electron chi connectivity index (χ1n) is 8.88. The highest BCUT2D eigenvalue weighted by Gasteiger charge is 2.18. The van der Waals surface area contributed by atoms with Gasteiger partial charge in [0.15, 0.2) is 0 Å². The molecule has 0 aromatic carbocycles. The maximum absolute atomic E-state index is 12.7. The fraction of sp³-hybridized carbons (Fsp3) is 0.500. The summed E-state index contributed by atoms with van der Waals surface area (Å²) >= 11 is 0. The van der Waals surface area contributed by atoms with Crippen molar-refractivity contribution >= 4 is 5.91 Å². The largest absolute Gasteiger partial charge is 0.342 e. The second-order valence-electron chi connectivity index (χ2n) is 7.33. The zero-order valence-electron chi connectivity index (χ0n) is 15.7. The molecule has 0 aliphatic heterocycles. The van der Waals surface area contributed by atoms with E-state index in [0.717, 1.165) is 36.3 Å². The van der Waals surface area contributed by atoms with Gasteiger partial charge in [-0.15, -0.1) is 0 Å². The number of carbonyl (C=O) groups excluding carboxylic acids is 1. The number of aromatic nitrogens is 3. The van der Waals surface area contributed by atoms with Crippen molar-refractivity contribution in [2.45, 2.75) is 52.4 Å². The predicted molar refractivity (Wildman–Crippen MR) is 99.2 cm³/mol. The summed E-state index contributed by atoms with van der Waals surface area (Å²) in [7, 11) is 0. The molecule has 2 aromatic heterocycles. The van der Waals surface area contributed by atoms with Crippen LogP contribution in [0.2, 0.25) is 0 Å². The molecule has 5 nitrogen and oxygen atoms in total. The van der Waals surface area contributed by atoms with Crippen LogP contribution >= 0.6 is 0 Å². The zero-order valence-corrected chi connectivity index (χ0v) is 15.7. The average Bonchev–Trinajstić information content (AvgIpc) is 2.59. The Bertz CT molecular complexity index is 662. The van der Waals surface area contributed by atoms with Crippen LogP contribution in [0.15, 0.2) is 36.9 Å². The summed E-state index contributed by atoms with van der Waals surface area (Å²) in [5.41, 5.74) is 1.93. The van der Waals surface area contributed by atoms with Crippen molar-refractivity contribution in [1.29, 1.82) is 0 Å². The molecule has 0 aliphatic carbocycles. The van der Waals surface area contributed by atoms with E-state index in [0.29, 0.717) is 13.0 Å². The molecule has 0 aliphatic rings. The molecule has 0 atom stereocenters. The number of hydrogen-bond donors (Lipinski definition) is 0. The number of amides is 1. The fourth-order valence-electron chi connectivity index (χ4n) is 2.56. The molecule has 0 saturated heterocycles. The van der Waals surface area contributed by atoms with Crippen molar-refractivity contribution in [3.8, 4) is 0 Å². The van der Waals surface area contributed by atoms with Crippen LogP contribution in [-0.2, 0) is 23.1 Å². The number of hydrogen-bond acceptors (Lipinski definition) is 4. The first kappa shape index (κ1) is 19.0. The Labute approximate surface area is 150 Å². The number of rotatable bonds is 7. The lowest BCUT2D eigenvalue weighted by atomic mass is 9.96. The summed E-state index contributed by atoms with van der Waals surface area (Å²) in [4.78, 5) is 27.5. The van der Waals surface area contributed by atoms with Gasteiger partial charge in [0.1, 0.15) is 5.82 Å². The lowest BCUT2D eigenvalue weighted by molar-refractivity contribution is -0.130. The molecule has 0 unspecified atom stereocenters. The SMILES string of the molecule is CCCN(CCc1cccnc1)C(=O)Cc1cnc(C(C)(C)C)nc1. The Kier molecular flexibility index (Phi) is 6.62. The van der Waals surface area contributed by atoms with Crippen molar-refractivity contribution in [3.63, 3.8) is 0 Å². The van der Waals surface area contributed by atoms with E-state index in [1.165, 1.54) is 0 Å². The molecule has 0 spiro atoms. The molecule has 0 N–H and O–H groups in total. The van der Waals surface area contributed by atoms with Gasteiger partial charge in [-0.25, -0.2) is 9.97 Å². The molecule has 0 bridgehead atoms. The van der Waals surface area contributed by atoms with Gasteiger partial charge in [-0.05, 0) is 30.0 Å². The van der Waals surface area contributed by atoms with Crippen molar-refractivity contribution in [2.75, 3.05) is 13.1 Å². The van der Waals surface area contributed by atoms with E-state index in [-0.39, 0.29) is 11.3 Å². The zero-order chi connectivity index (χ0) is 18.3. The standard InChI is InChI=1S/C20H28N4O/c1-5-10-24(11-8-16-7-6-9-21-13-16)18(25)12-17-14-22-19(23-15-17)20(2,3)4/h6-7,9,13-15H,5,8,10-12H2,1-4H3. The van der Waals surface area contributed by atoms with Gasteiger partial charge < -0.3 is 4.90 Å². The van der Waals surface area contributed by atoms with E-state index < -0.39 is 0 Å². The lowest BCUT2D eigenvalue weighted by Crippen LogP contribution is -2.35. The Hall–Kier alpha value is -2.30. The summed E-state index contributed by atoms with van der Waals surface area (Å²) < 4.78 is 0. The van der Waals surface area contributed by atoms with Crippen molar-refractivity contribution in [3.05, 3.63) is 53.9 Å². The number of nitrogens with zero attached hydrogens (tertiary/aromatic N) is 4. The fourth-order valence-corrected chi connectivity index (χ4v) is 2.56. The van der Waals surface area contributed by atoms with Crippen LogP contribution in [-0.4, -0.2) is 38.8 Å². The Morgan fingerprint density at radius 2 is 1.80 bits per heavy atom. The van der Waals surface area contributed by atoms with Crippen molar-refractivity contribution in [2.24, 2.45) is 0 Å². The first-order valence-corrected chi connectivity index (χ1v) is 8.88. The minimum absolute atomic E-state index is 0.0828. The van der Waals surface area contributed by atoms with Crippen LogP contribution in [0, 0.1) is 0 Å². The van der Waals surface area contributed by atoms with Crippen molar-refractivity contribution < 1.29 is 4.79 Å². The van der Waals surface area contributed by atoms with E-state index in [4.69, 9.17) is 0 Å². The summed E-state index contributed by atoms with van der Waals surface area (Å²) in [5, 5.41) is 0. The van der Waals surface area contributed by atoms with E-state index in [9.17, 15) is 4.79 Å². The Morgan fingerprint density at radius 3 is 2.36 bits per heavy atom. The van der Waals surface area contributed by atoms with Gasteiger partial charge in [0.05, 0.1) is 6.42 Å². The molecule has 25 heavy (non-hydrogen) atoms.